The van der Waals surface area contributed by atoms with Gasteiger partial charge in [-0.1, -0.05) is 0 Å². The Kier molecular flexibility index (Phi) is 3.87. The molecule has 0 amide bonds. The molecule has 0 fully saturated rings. The zero-order chi connectivity index (χ0) is 13.1. The number of carbonyl (C=O) groups is 1. The molecule has 1 unspecified atom stereocenters. The fraction of sp³-hybridized carbons (Fsp3) is 0.500. The van der Waals surface area contributed by atoms with Gasteiger partial charge in [0.1, 0.15) is 5.75 Å². The summed E-state index contributed by atoms with van der Waals surface area (Å²) in [4.78, 5) is 10.6. The topological polar surface area (TPSA) is 72.5 Å². The standard InChI is InChI=1S/C14H19NO3/c1-18-12-6-9(3-2-4-14(16)17)13-8-11(15)5-10(13)7-12/h6-7,11H,2-5,8,15H2,1H3,(H,16,17). The van der Waals surface area contributed by atoms with Crippen LogP contribution in [0.5, 0.6) is 5.75 Å². The quantitative estimate of drug-likeness (QED) is 0.830. The summed E-state index contributed by atoms with van der Waals surface area (Å²) in [5, 5.41) is 8.68. The van der Waals surface area contributed by atoms with Crippen LogP contribution in [-0.4, -0.2) is 24.2 Å². The van der Waals surface area contributed by atoms with E-state index in [4.69, 9.17) is 15.6 Å². The first-order chi connectivity index (χ1) is 8.60. The zero-order valence-corrected chi connectivity index (χ0v) is 10.6. The van der Waals surface area contributed by atoms with Crippen LogP contribution in [0.2, 0.25) is 0 Å². The van der Waals surface area contributed by atoms with Gasteiger partial charge in [-0.05, 0) is 54.5 Å². The number of carboxylic acids is 1. The van der Waals surface area contributed by atoms with E-state index < -0.39 is 5.97 Å². The summed E-state index contributed by atoms with van der Waals surface area (Å²) >= 11 is 0. The molecule has 0 spiro atoms. The molecule has 1 aromatic carbocycles. The molecule has 18 heavy (non-hydrogen) atoms. The van der Waals surface area contributed by atoms with E-state index in [0.29, 0.717) is 6.42 Å². The molecule has 98 valence electrons. The van der Waals surface area contributed by atoms with Gasteiger partial charge in [0.25, 0.3) is 0 Å². The highest BCUT2D eigenvalue weighted by molar-refractivity contribution is 5.66. The molecule has 2 rings (SSSR count). The van der Waals surface area contributed by atoms with Crippen LogP contribution in [0.3, 0.4) is 0 Å². The van der Waals surface area contributed by atoms with Crippen molar-refractivity contribution in [3.05, 3.63) is 28.8 Å². The highest BCUT2D eigenvalue weighted by Crippen LogP contribution is 2.30. The minimum Gasteiger partial charge on any atom is -0.497 e. The van der Waals surface area contributed by atoms with Crippen molar-refractivity contribution in [2.24, 2.45) is 5.73 Å². The summed E-state index contributed by atoms with van der Waals surface area (Å²) in [7, 11) is 1.65. The van der Waals surface area contributed by atoms with E-state index >= 15 is 0 Å². The number of aliphatic carboxylic acids is 1. The Hall–Kier alpha value is -1.55. The van der Waals surface area contributed by atoms with E-state index in [0.717, 1.165) is 25.0 Å². The molecule has 3 N–H and O–H groups in total. The summed E-state index contributed by atoms with van der Waals surface area (Å²) in [5.74, 6) is 0.0967. The van der Waals surface area contributed by atoms with Crippen molar-refractivity contribution in [3.8, 4) is 5.75 Å². The first-order valence-electron chi connectivity index (χ1n) is 6.26. The van der Waals surface area contributed by atoms with Gasteiger partial charge in [0.05, 0.1) is 7.11 Å². The maximum atomic E-state index is 10.6. The van der Waals surface area contributed by atoms with Gasteiger partial charge in [0.15, 0.2) is 0 Å². The Morgan fingerprint density at radius 3 is 2.94 bits per heavy atom. The predicted octanol–water partition coefficient (Wildman–Crippen LogP) is 1.53. The SMILES string of the molecule is COc1cc(CCCC(=O)O)c2c(c1)CC(N)C2. The molecule has 1 aromatic rings. The van der Waals surface area contributed by atoms with Crippen LogP contribution in [0.15, 0.2) is 12.1 Å². The predicted molar refractivity (Wildman–Crippen MR) is 69.0 cm³/mol. The van der Waals surface area contributed by atoms with Crippen molar-refractivity contribution in [2.75, 3.05) is 7.11 Å². The van der Waals surface area contributed by atoms with Crippen LogP contribution < -0.4 is 10.5 Å². The van der Waals surface area contributed by atoms with Crippen molar-refractivity contribution in [1.29, 1.82) is 0 Å². The van der Waals surface area contributed by atoms with Crippen LogP contribution in [0.4, 0.5) is 0 Å². The van der Waals surface area contributed by atoms with Crippen molar-refractivity contribution in [3.63, 3.8) is 0 Å². The molecule has 1 atom stereocenters. The van der Waals surface area contributed by atoms with Crippen LogP contribution >= 0.6 is 0 Å². The second-order valence-electron chi connectivity index (χ2n) is 4.84. The van der Waals surface area contributed by atoms with Crippen molar-refractivity contribution >= 4 is 5.97 Å². The van der Waals surface area contributed by atoms with E-state index in [1.807, 2.05) is 12.1 Å². The Balaban J connectivity index is 2.18. The van der Waals surface area contributed by atoms with Crippen molar-refractivity contribution in [2.45, 2.75) is 38.1 Å². The average molecular weight is 249 g/mol. The first kappa shape index (κ1) is 12.9. The summed E-state index contributed by atoms with van der Waals surface area (Å²) in [6.07, 6.45) is 3.42. The largest absolute Gasteiger partial charge is 0.497 e. The van der Waals surface area contributed by atoms with Crippen LogP contribution in [0, 0.1) is 0 Å². The van der Waals surface area contributed by atoms with Crippen molar-refractivity contribution < 1.29 is 14.6 Å². The van der Waals surface area contributed by atoms with E-state index in [-0.39, 0.29) is 12.5 Å². The lowest BCUT2D eigenvalue weighted by molar-refractivity contribution is -0.137. The summed E-state index contributed by atoms with van der Waals surface area (Å²) in [5.41, 5.74) is 9.74. The molecule has 0 aromatic heterocycles. The minimum absolute atomic E-state index is 0.185. The molecule has 0 heterocycles. The van der Waals surface area contributed by atoms with Gasteiger partial charge in [-0.15, -0.1) is 0 Å². The Bertz CT molecular complexity index is 457. The number of hydrogen-bond donors (Lipinski definition) is 2. The molecule has 4 nitrogen and oxygen atoms in total. The molecule has 1 aliphatic carbocycles. The van der Waals surface area contributed by atoms with Gasteiger partial charge in [0, 0.05) is 12.5 Å². The molecule has 0 saturated carbocycles. The van der Waals surface area contributed by atoms with Gasteiger partial charge in [-0.2, -0.15) is 0 Å². The molecule has 0 aliphatic heterocycles. The monoisotopic (exact) mass is 249 g/mol. The minimum atomic E-state index is -0.744. The van der Waals surface area contributed by atoms with Gasteiger partial charge in [-0.25, -0.2) is 0 Å². The van der Waals surface area contributed by atoms with E-state index in [9.17, 15) is 4.79 Å². The number of carboxylic acid groups (broad SMARTS) is 1. The van der Waals surface area contributed by atoms with Gasteiger partial charge >= 0.3 is 5.97 Å². The lowest BCUT2D eigenvalue weighted by atomic mass is 9.98. The first-order valence-corrected chi connectivity index (χ1v) is 6.26. The van der Waals surface area contributed by atoms with Crippen LogP contribution in [-0.2, 0) is 24.1 Å². The molecule has 1 aliphatic rings. The second kappa shape index (κ2) is 5.40. The van der Waals surface area contributed by atoms with Crippen LogP contribution in [0.1, 0.15) is 29.5 Å². The number of benzene rings is 1. The Morgan fingerprint density at radius 1 is 1.50 bits per heavy atom. The highest BCUT2D eigenvalue weighted by atomic mass is 16.5. The molecule has 0 bridgehead atoms. The number of aryl methyl sites for hydroxylation is 1. The third-order valence-corrected chi connectivity index (χ3v) is 3.43. The van der Waals surface area contributed by atoms with Crippen molar-refractivity contribution in [1.82, 2.24) is 0 Å². The fourth-order valence-electron chi connectivity index (χ4n) is 2.60. The number of nitrogens with two attached hydrogens (primary N) is 1. The normalized spacial score (nSPS) is 17.6. The smallest absolute Gasteiger partial charge is 0.303 e. The third kappa shape index (κ3) is 2.82. The number of methoxy groups -OCH3 is 1. The second-order valence-corrected chi connectivity index (χ2v) is 4.84. The van der Waals surface area contributed by atoms with Crippen LogP contribution in [0.25, 0.3) is 0 Å². The highest BCUT2D eigenvalue weighted by Gasteiger charge is 2.22. The molecule has 0 radical (unpaired) electrons. The number of hydrogen-bond acceptors (Lipinski definition) is 3. The maximum Gasteiger partial charge on any atom is 0.303 e. The molecular weight excluding hydrogens is 230 g/mol. The molecular formula is C14H19NO3. The van der Waals surface area contributed by atoms with Gasteiger partial charge in [-0.3, -0.25) is 4.79 Å². The maximum absolute atomic E-state index is 10.6. The zero-order valence-electron chi connectivity index (χ0n) is 10.6. The Morgan fingerprint density at radius 2 is 2.28 bits per heavy atom. The van der Waals surface area contributed by atoms with Gasteiger partial charge < -0.3 is 15.6 Å². The number of ether oxygens (including phenoxy) is 1. The lowest BCUT2D eigenvalue weighted by Gasteiger charge is -2.11. The summed E-state index contributed by atoms with van der Waals surface area (Å²) in [6.45, 7) is 0. The average Bonchev–Trinajstić information content (AvgIpc) is 2.68. The molecule has 4 heteroatoms. The molecule has 0 saturated heterocycles. The number of fused-ring (bicyclic) bond motifs is 1. The lowest BCUT2D eigenvalue weighted by Crippen LogP contribution is -2.19. The van der Waals surface area contributed by atoms with E-state index in [2.05, 4.69) is 0 Å². The summed E-state index contributed by atoms with van der Waals surface area (Å²) in [6, 6.07) is 4.24. The third-order valence-electron chi connectivity index (χ3n) is 3.43. The van der Waals surface area contributed by atoms with E-state index in [1.165, 1.54) is 16.7 Å². The summed E-state index contributed by atoms with van der Waals surface area (Å²) < 4.78 is 5.29. The van der Waals surface area contributed by atoms with Gasteiger partial charge in [0.2, 0.25) is 0 Å². The Labute approximate surface area is 107 Å². The fourth-order valence-corrected chi connectivity index (χ4v) is 2.60. The number of rotatable bonds is 5. The van der Waals surface area contributed by atoms with E-state index in [1.54, 1.807) is 7.11 Å².